The fourth-order valence-electron chi connectivity index (χ4n) is 2.70. The van der Waals surface area contributed by atoms with Gasteiger partial charge in [0, 0.05) is 37.0 Å². The number of carbonyl (C=O) groups is 2. The van der Waals surface area contributed by atoms with Crippen molar-refractivity contribution < 1.29 is 19.0 Å². The number of nitro groups is 1. The highest BCUT2D eigenvalue weighted by molar-refractivity contribution is 5.96. The van der Waals surface area contributed by atoms with Gasteiger partial charge in [-0.2, -0.15) is 0 Å². The molecule has 0 aliphatic carbocycles. The van der Waals surface area contributed by atoms with Crippen molar-refractivity contribution in [3.05, 3.63) is 46.2 Å². The standard InChI is InChI=1S/C19H26N6O5/c1-4-23(5-2)10-11-24(13-18(26)21-17-12-14(3)30-22-17)19(27)20-15-6-8-16(9-7-15)25(28)29/h6-9,12H,4-5,10-11,13H2,1-3H3,(H,20,27)(H,21,22,26). The molecule has 1 aromatic heterocycles. The molecule has 0 unspecified atom stereocenters. The first kappa shape index (κ1) is 22.8. The molecule has 11 nitrogen and oxygen atoms in total. The van der Waals surface area contributed by atoms with Gasteiger partial charge in [0.05, 0.1) is 4.92 Å². The summed E-state index contributed by atoms with van der Waals surface area (Å²) in [5, 5.41) is 19.7. The number of non-ortho nitro benzene ring substituents is 1. The molecule has 0 aliphatic heterocycles. The average molecular weight is 418 g/mol. The summed E-state index contributed by atoms with van der Waals surface area (Å²) >= 11 is 0. The van der Waals surface area contributed by atoms with Crippen LogP contribution in [0.4, 0.5) is 22.0 Å². The van der Waals surface area contributed by atoms with Gasteiger partial charge in [-0.15, -0.1) is 0 Å². The number of likely N-dealkylation sites (N-methyl/N-ethyl adjacent to an activating group) is 1. The molecule has 1 aromatic carbocycles. The first-order valence-electron chi connectivity index (χ1n) is 9.58. The largest absolute Gasteiger partial charge is 0.360 e. The van der Waals surface area contributed by atoms with Gasteiger partial charge < -0.3 is 25.0 Å². The van der Waals surface area contributed by atoms with Crippen LogP contribution in [0, 0.1) is 17.0 Å². The Morgan fingerprint density at radius 1 is 1.13 bits per heavy atom. The Bertz CT molecular complexity index is 863. The minimum absolute atomic E-state index is 0.0753. The molecular formula is C19H26N6O5. The van der Waals surface area contributed by atoms with Crippen LogP contribution in [-0.2, 0) is 4.79 Å². The molecular weight excluding hydrogens is 392 g/mol. The van der Waals surface area contributed by atoms with E-state index in [4.69, 9.17) is 4.52 Å². The van der Waals surface area contributed by atoms with E-state index in [1.54, 1.807) is 13.0 Å². The third-order valence-corrected chi connectivity index (χ3v) is 4.43. The number of urea groups is 1. The zero-order chi connectivity index (χ0) is 22.1. The molecule has 2 N–H and O–H groups in total. The zero-order valence-electron chi connectivity index (χ0n) is 17.3. The highest BCUT2D eigenvalue weighted by Crippen LogP contribution is 2.16. The normalized spacial score (nSPS) is 10.7. The first-order valence-corrected chi connectivity index (χ1v) is 9.58. The third kappa shape index (κ3) is 6.85. The predicted octanol–water partition coefficient (Wildman–Crippen LogP) is 2.71. The Morgan fingerprint density at radius 3 is 2.33 bits per heavy atom. The highest BCUT2D eigenvalue weighted by Gasteiger charge is 2.19. The van der Waals surface area contributed by atoms with Crippen LogP contribution in [0.3, 0.4) is 0 Å². The van der Waals surface area contributed by atoms with Crippen LogP contribution in [0.5, 0.6) is 0 Å². The molecule has 0 saturated carbocycles. The number of benzene rings is 1. The van der Waals surface area contributed by atoms with Crippen molar-refractivity contribution >= 4 is 29.1 Å². The Kier molecular flexibility index (Phi) is 8.29. The van der Waals surface area contributed by atoms with Crippen LogP contribution in [0.25, 0.3) is 0 Å². The van der Waals surface area contributed by atoms with Gasteiger partial charge in [0.2, 0.25) is 5.91 Å². The molecule has 0 bridgehead atoms. The van der Waals surface area contributed by atoms with Crippen molar-refractivity contribution in [1.82, 2.24) is 15.0 Å². The summed E-state index contributed by atoms with van der Waals surface area (Å²) in [6.07, 6.45) is 0. The Morgan fingerprint density at radius 2 is 1.80 bits per heavy atom. The van der Waals surface area contributed by atoms with Crippen LogP contribution < -0.4 is 10.6 Å². The summed E-state index contributed by atoms with van der Waals surface area (Å²) in [6, 6.07) is 6.58. The fraction of sp³-hybridized carbons (Fsp3) is 0.421. The number of rotatable bonds is 10. The van der Waals surface area contributed by atoms with E-state index in [1.807, 2.05) is 13.8 Å². The second-order valence-corrected chi connectivity index (χ2v) is 6.55. The summed E-state index contributed by atoms with van der Waals surface area (Å²) in [6.45, 7) is 8.11. The van der Waals surface area contributed by atoms with Gasteiger partial charge in [-0.3, -0.25) is 14.9 Å². The molecule has 0 spiro atoms. The van der Waals surface area contributed by atoms with Crippen LogP contribution in [0.2, 0.25) is 0 Å². The molecule has 3 amide bonds. The maximum absolute atomic E-state index is 12.8. The maximum atomic E-state index is 12.8. The molecule has 0 fully saturated rings. The summed E-state index contributed by atoms with van der Waals surface area (Å²) in [5.74, 6) is 0.415. The van der Waals surface area contributed by atoms with Crippen molar-refractivity contribution in [2.75, 3.05) is 43.4 Å². The van der Waals surface area contributed by atoms with E-state index in [0.29, 0.717) is 24.5 Å². The number of aryl methyl sites for hydroxylation is 1. The lowest BCUT2D eigenvalue weighted by Crippen LogP contribution is -2.44. The van der Waals surface area contributed by atoms with Crippen LogP contribution in [-0.4, -0.2) is 64.5 Å². The van der Waals surface area contributed by atoms with Crippen LogP contribution in [0.15, 0.2) is 34.9 Å². The number of nitrogens with zero attached hydrogens (tertiary/aromatic N) is 4. The molecule has 0 aliphatic rings. The summed E-state index contributed by atoms with van der Waals surface area (Å²) in [4.78, 5) is 38.9. The van der Waals surface area contributed by atoms with Crippen molar-refractivity contribution in [2.45, 2.75) is 20.8 Å². The van der Waals surface area contributed by atoms with Gasteiger partial charge in [0.1, 0.15) is 12.3 Å². The average Bonchev–Trinajstić information content (AvgIpc) is 3.12. The van der Waals surface area contributed by atoms with E-state index in [0.717, 1.165) is 13.1 Å². The van der Waals surface area contributed by atoms with Crippen LogP contribution >= 0.6 is 0 Å². The van der Waals surface area contributed by atoms with E-state index in [-0.39, 0.29) is 18.1 Å². The van der Waals surface area contributed by atoms with E-state index >= 15 is 0 Å². The number of anilines is 2. The fourth-order valence-corrected chi connectivity index (χ4v) is 2.70. The lowest BCUT2D eigenvalue weighted by Gasteiger charge is -2.26. The maximum Gasteiger partial charge on any atom is 0.322 e. The summed E-state index contributed by atoms with van der Waals surface area (Å²) < 4.78 is 4.92. The monoisotopic (exact) mass is 418 g/mol. The van der Waals surface area contributed by atoms with Crippen molar-refractivity contribution in [1.29, 1.82) is 0 Å². The number of nitrogens with one attached hydrogen (secondary N) is 2. The van der Waals surface area contributed by atoms with Gasteiger partial charge in [-0.25, -0.2) is 4.79 Å². The van der Waals surface area contributed by atoms with Crippen molar-refractivity contribution in [3.8, 4) is 0 Å². The highest BCUT2D eigenvalue weighted by atomic mass is 16.6. The second-order valence-electron chi connectivity index (χ2n) is 6.55. The van der Waals surface area contributed by atoms with E-state index in [1.165, 1.54) is 29.2 Å². The number of hydrogen-bond donors (Lipinski definition) is 2. The first-order chi connectivity index (χ1) is 14.3. The predicted molar refractivity (Wildman–Crippen MR) is 111 cm³/mol. The van der Waals surface area contributed by atoms with Gasteiger partial charge in [0.25, 0.3) is 5.69 Å². The Labute approximate surface area is 174 Å². The number of carbonyl (C=O) groups excluding carboxylic acids is 2. The van der Waals surface area contributed by atoms with E-state index < -0.39 is 16.9 Å². The molecule has 30 heavy (non-hydrogen) atoms. The summed E-state index contributed by atoms with van der Waals surface area (Å²) in [7, 11) is 0. The molecule has 0 radical (unpaired) electrons. The molecule has 11 heteroatoms. The second kappa shape index (κ2) is 10.9. The lowest BCUT2D eigenvalue weighted by molar-refractivity contribution is -0.384. The Balaban J connectivity index is 2.05. The topological polar surface area (TPSA) is 134 Å². The molecule has 0 saturated heterocycles. The molecule has 162 valence electrons. The number of nitro benzene ring substituents is 1. The van der Waals surface area contributed by atoms with Gasteiger partial charge >= 0.3 is 6.03 Å². The Hall–Kier alpha value is -3.47. The van der Waals surface area contributed by atoms with E-state index in [2.05, 4.69) is 20.7 Å². The molecule has 0 atom stereocenters. The number of hydrogen-bond acceptors (Lipinski definition) is 7. The molecule has 1 heterocycles. The minimum Gasteiger partial charge on any atom is -0.360 e. The number of amides is 3. The smallest absolute Gasteiger partial charge is 0.322 e. The van der Waals surface area contributed by atoms with Crippen LogP contribution in [0.1, 0.15) is 19.6 Å². The van der Waals surface area contributed by atoms with E-state index in [9.17, 15) is 19.7 Å². The summed E-state index contributed by atoms with van der Waals surface area (Å²) in [5.41, 5.74) is 0.319. The van der Waals surface area contributed by atoms with Gasteiger partial charge in [0.15, 0.2) is 5.82 Å². The molecule has 2 rings (SSSR count). The minimum atomic E-state index is -0.516. The molecule has 2 aromatic rings. The SMILES string of the molecule is CCN(CC)CCN(CC(=O)Nc1cc(C)on1)C(=O)Nc1ccc([N+](=O)[O-])cc1. The number of aromatic nitrogens is 1. The zero-order valence-corrected chi connectivity index (χ0v) is 17.3. The van der Waals surface area contributed by atoms with Crippen molar-refractivity contribution in [2.24, 2.45) is 0 Å². The third-order valence-electron chi connectivity index (χ3n) is 4.43. The van der Waals surface area contributed by atoms with Crippen molar-refractivity contribution in [3.63, 3.8) is 0 Å². The van der Waals surface area contributed by atoms with Gasteiger partial charge in [-0.05, 0) is 32.1 Å². The quantitative estimate of drug-likeness (QED) is 0.447. The lowest BCUT2D eigenvalue weighted by atomic mass is 10.3. The van der Waals surface area contributed by atoms with Gasteiger partial charge in [-0.1, -0.05) is 19.0 Å².